The lowest BCUT2D eigenvalue weighted by Gasteiger charge is -2.22. The second-order valence-electron chi connectivity index (χ2n) is 5.92. The second kappa shape index (κ2) is 6.93. The Kier molecular flexibility index (Phi) is 5.86. The van der Waals surface area contributed by atoms with E-state index in [1.165, 1.54) is 18.4 Å². The molecule has 0 bridgehead atoms. The summed E-state index contributed by atoms with van der Waals surface area (Å²) in [5, 5.41) is 8.06. The first-order valence-electron chi connectivity index (χ1n) is 7.17. The van der Waals surface area contributed by atoms with Gasteiger partial charge in [0.2, 0.25) is 0 Å². The number of rotatable bonds is 7. The van der Waals surface area contributed by atoms with E-state index in [-0.39, 0.29) is 0 Å². The molecule has 18 heavy (non-hydrogen) atoms. The van der Waals surface area contributed by atoms with Crippen molar-refractivity contribution in [3.05, 3.63) is 17.5 Å². The lowest BCUT2D eigenvalue weighted by Crippen LogP contribution is -2.23. The van der Waals surface area contributed by atoms with Crippen LogP contribution in [-0.2, 0) is 7.05 Å². The van der Waals surface area contributed by atoms with E-state index in [4.69, 9.17) is 0 Å². The first-order valence-corrected chi connectivity index (χ1v) is 7.17. The van der Waals surface area contributed by atoms with Crippen LogP contribution >= 0.6 is 0 Å². The van der Waals surface area contributed by atoms with Gasteiger partial charge in [0.05, 0.1) is 5.69 Å². The molecule has 2 unspecified atom stereocenters. The molecule has 3 heteroatoms. The molecule has 1 aromatic rings. The summed E-state index contributed by atoms with van der Waals surface area (Å²) < 4.78 is 1.92. The van der Waals surface area contributed by atoms with Gasteiger partial charge in [0.15, 0.2) is 0 Å². The van der Waals surface area contributed by atoms with Crippen molar-refractivity contribution in [3.63, 3.8) is 0 Å². The molecule has 1 N–H and O–H groups in total. The fourth-order valence-electron chi connectivity index (χ4n) is 2.83. The topological polar surface area (TPSA) is 29.9 Å². The zero-order valence-corrected chi connectivity index (χ0v) is 12.8. The Morgan fingerprint density at radius 3 is 2.39 bits per heavy atom. The van der Waals surface area contributed by atoms with Gasteiger partial charge in [-0.05, 0) is 38.1 Å². The van der Waals surface area contributed by atoms with E-state index in [0.29, 0.717) is 6.04 Å². The van der Waals surface area contributed by atoms with E-state index >= 15 is 0 Å². The summed E-state index contributed by atoms with van der Waals surface area (Å²) in [7, 11) is 2.00. The highest BCUT2D eigenvalue weighted by molar-refractivity contribution is 5.20. The van der Waals surface area contributed by atoms with Crippen LogP contribution in [0.15, 0.2) is 6.20 Å². The van der Waals surface area contributed by atoms with Crippen molar-refractivity contribution in [1.29, 1.82) is 0 Å². The minimum atomic E-state index is 0.442. The first kappa shape index (κ1) is 15.2. The molecule has 1 aromatic heterocycles. The Bertz CT molecular complexity index is 355. The highest BCUT2D eigenvalue weighted by Gasteiger charge is 2.18. The van der Waals surface area contributed by atoms with Gasteiger partial charge in [-0.1, -0.05) is 27.7 Å². The third kappa shape index (κ3) is 4.45. The minimum absolute atomic E-state index is 0.442. The molecule has 1 heterocycles. The Labute approximate surface area is 112 Å². The van der Waals surface area contributed by atoms with Gasteiger partial charge in [0, 0.05) is 24.8 Å². The van der Waals surface area contributed by atoms with Gasteiger partial charge in [0.25, 0.3) is 0 Å². The highest BCUT2D eigenvalue weighted by atomic mass is 15.3. The molecular weight excluding hydrogens is 222 g/mol. The average Bonchev–Trinajstić information content (AvgIpc) is 2.56. The van der Waals surface area contributed by atoms with Gasteiger partial charge >= 0.3 is 0 Å². The van der Waals surface area contributed by atoms with Crippen molar-refractivity contribution in [2.75, 3.05) is 6.54 Å². The summed E-state index contributed by atoms with van der Waals surface area (Å²) in [4.78, 5) is 0. The van der Waals surface area contributed by atoms with Crippen molar-refractivity contribution < 1.29 is 0 Å². The predicted molar refractivity (Wildman–Crippen MR) is 77.6 cm³/mol. The highest BCUT2D eigenvalue weighted by Crippen LogP contribution is 2.26. The summed E-state index contributed by atoms with van der Waals surface area (Å²) in [5.41, 5.74) is 2.51. The van der Waals surface area contributed by atoms with E-state index in [1.807, 2.05) is 11.7 Å². The molecule has 0 fully saturated rings. The van der Waals surface area contributed by atoms with Gasteiger partial charge in [-0.2, -0.15) is 5.10 Å². The predicted octanol–water partition coefficient (Wildman–Crippen LogP) is 3.45. The maximum atomic E-state index is 4.46. The van der Waals surface area contributed by atoms with Crippen molar-refractivity contribution in [1.82, 2.24) is 15.1 Å². The third-order valence-corrected chi connectivity index (χ3v) is 3.39. The monoisotopic (exact) mass is 251 g/mol. The van der Waals surface area contributed by atoms with Crippen molar-refractivity contribution in [3.8, 4) is 0 Å². The molecule has 0 saturated heterocycles. The summed E-state index contributed by atoms with van der Waals surface area (Å²) in [6.07, 6.45) is 4.64. The van der Waals surface area contributed by atoms with Gasteiger partial charge in [-0.25, -0.2) is 0 Å². The lowest BCUT2D eigenvalue weighted by molar-refractivity contribution is 0.358. The summed E-state index contributed by atoms with van der Waals surface area (Å²) in [6.45, 7) is 12.2. The van der Waals surface area contributed by atoms with Crippen molar-refractivity contribution >= 4 is 0 Å². The smallest absolute Gasteiger partial charge is 0.0641 e. The number of nitrogens with zero attached hydrogens (tertiary/aromatic N) is 2. The van der Waals surface area contributed by atoms with Crippen LogP contribution < -0.4 is 5.32 Å². The molecule has 0 amide bonds. The number of hydrogen-bond acceptors (Lipinski definition) is 2. The summed E-state index contributed by atoms with van der Waals surface area (Å²) in [6, 6.07) is 0.442. The van der Waals surface area contributed by atoms with E-state index in [9.17, 15) is 0 Å². The van der Waals surface area contributed by atoms with Crippen LogP contribution in [0.3, 0.4) is 0 Å². The number of hydrogen-bond donors (Lipinski definition) is 1. The molecule has 0 aliphatic heterocycles. The Balaban J connectivity index is 2.73. The van der Waals surface area contributed by atoms with Crippen LogP contribution in [0.2, 0.25) is 0 Å². The fourth-order valence-corrected chi connectivity index (χ4v) is 2.83. The lowest BCUT2D eigenvalue weighted by atomic mass is 9.90. The van der Waals surface area contributed by atoms with Crippen molar-refractivity contribution in [2.24, 2.45) is 18.9 Å². The molecule has 0 spiro atoms. The Hall–Kier alpha value is -0.830. The zero-order chi connectivity index (χ0) is 13.7. The number of aromatic nitrogens is 2. The molecule has 1 rings (SSSR count). The maximum absolute atomic E-state index is 4.46. The van der Waals surface area contributed by atoms with Crippen LogP contribution in [0.4, 0.5) is 0 Å². The quantitative estimate of drug-likeness (QED) is 0.804. The Morgan fingerprint density at radius 1 is 1.28 bits per heavy atom. The normalized spacial score (nSPS) is 15.1. The average molecular weight is 251 g/mol. The molecule has 0 aliphatic rings. The molecule has 0 saturated carbocycles. The molecule has 0 radical (unpaired) electrons. The maximum Gasteiger partial charge on any atom is 0.0641 e. The Morgan fingerprint density at radius 2 is 1.94 bits per heavy atom. The molecule has 104 valence electrons. The first-order chi connectivity index (χ1) is 8.43. The number of nitrogens with one attached hydrogen (secondary N) is 1. The largest absolute Gasteiger partial charge is 0.310 e. The second-order valence-corrected chi connectivity index (χ2v) is 5.92. The van der Waals surface area contributed by atoms with Crippen LogP contribution in [0.25, 0.3) is 0 Å². The fraction of sp³-hybridized carbons (Fsp3) is 0.800. The molecular formula is C15H29N3. The van der Waals surface area contributed by atoms with Crippen LogP contribution in [0.5, 0.6) is 0 Å². The minimum Gasteiger partial charge on any atom is -0.310 e. The molecule has 2 atom stereocenters. The third-order valence-electron chi connectivity index (χ3n) is 3.39. The van der Waals surface area contributed by atoms with Gasteiger partial charge in [-0.15, -0.1) is 0 Å². The van der Waals surface area contributed by atoms with E-state index in [1.54, 1.807) is 0 Å². The van der Waals surface area contributed by atoms with Crippen LogP contribution in [0.1, 0.15) is 57.8 Å². The molecule has 3 nitrogen and oxygen atoms in total. The summed E-state index contributed by atoms with van der Waals surface area (Å²) >= 11 is 0. The van der Waals surface area contributed by atoms with Crippen LogP contribution in [-0.4, -0.2) is 16.3 Å². The molecule has 0 aliphatic carbocycles. The standard InChI is InChI=1S/C15H29N3/c1-7-16-15(9-12(4)8-11(2)3)14-10-18(6)17-13(14)5/h10-12,15-16H,7-9H2,1-6H3. The van der Waals surface area contributed by atoms with Crippen LogP contribution in [0, 0.1) is 18.8 Å². The van der Waals surface area contributed by atoms with Gasteiger partial charge < -0.3 is 5.32 Å². The van der Waals surface area contributed by atoms with E-state index < -0.39 is 0 Å². The summed E-state index contributed by atoms with van der Waals surface area (Å²) in [5.74, 6) is 1.52. The van der Waals surface area contributed by atoms with E-state index in [2.05, 4.69) is 51.2 Å². The van der Waals surface area contributed by atoms with Gasteiger partial charge in [-0.3, -0.25) is 4.68 Å². The number of aryl methyl sites for hydroxylation is 2. The molecule has 0 aromatic carbocycles. The zero-order valence-electron chi connectivity index (χ0n) is 12.8. The van der Waals surface area contributed by atoms with E-state index in [0.717, 1.165) is 24.1 Å². The SMILES string of the molecule is CCNC(CC(C)CC(C)C)c1cn(C)nc1C. The van der Waals surface area contributed by atoms with Crippen molar-refractivity contribution in [2.45, 2.75) is 53.5 Å². The van der Waals surface area contributed by atoms with Gasteiger partial charge in [0.1, 0.15) is 0 Å².